The Morgan fingerprint density at radius 1 is 1.00 bits per heavy atom. The van der Waals surface area contributed by atoms with Gasteiger partial charge in [-0.25, -0.2) is 0 Å². The topological polar surface area (TPSA) is 89.0 Å². The molecule has 1 aliphatic rings. The van der Waals surface area contributed by atoms with E-state index < -0.39 is 17.7 Å². The van der Waals surface area contributed by atoms with Gasteiger partial charge in [-0.15, -0.1) is 0 Å². The van der Waals surface area contributed by atoms with E-state index >= 15 is 0 Å². The van der Waals surface area contributed by atoms with Gasteiger partial charge < -0.3 is 19.5 Å². The lowest BCUT2D eigenvalue weighted by Gasteiger charge is -2.25. The second kappa shape index (κ2) is 8.93. The predicted molar refractivity (Wildman–Crippen MR) is 118 cm³/mol. The highest BCUT2D eigenvalue weighted by Crippen LogP contribution is 2.41. The zero-order valence-corrected chi connectivity index (χ0v) is 17.7. The number of carbonyl (C=O) groups excluding carboxylic acids is 2. The molecule has 0 aliphatic carbocycles. The first-order valence-corrected chi connectivity index (χ1v) is 9.99. The summed E-state index contributed by atoms with van der Waals surface area (Å²) in [6, 6.07) is 16.6. The number of rotatable bonds is 6. The van der Waals surface area contributed by atoms with Gasteiger partial charge in [-0.05, 0) is 41.5 Å². The van der Waals surface area contributed by atoms with Crippen molar-refractivity contribution in [3.63, 3.8) is 0 Å². The largest absolute Gasteiger partial charge is 0.507 e. The van der Waals surface area contributed by atoms with Gasteiger partial charge in [-0.3, -0.25) is 14.6 Å². The summed E-state index contributed by atoms with van der Waals surface area (Å²) in [4.78, 5) is 31.7. The number of pyridine rings is 1. The van der Waals surface area contributed by atoms with Crippen LogP contribution in [0.5, 0.6) is 11.5 Å². The van der Waals surface area contributed by atoms with Gasteiger partial charge in [-0.1, -0.05) is 30.3 Å². The standard InChI is InChI=1S/C25H22N2O5/c1-31-19-9-3-7-17(12-19)22-21(23(28)18-8-4-10-20(13-18)32-2)24(29)25(30)27(22)15-16-6-5-11-26-14-16/h3-14,22,28H,15H2,1-2H3/b23-21+/t22-/m1/s1. The summed E-state index contributed by atoms with van der Waals surface area (Å²) in [5, 5.41) is 11.2. The first kappa shape index (κ1) is 21.1. The zero-order chi connectivity index (χ0) is 22.7. The van der Waals surface area contributed by atoms with Crippen molar-refractivity contribution in [2.45, 2.75) is 12.6 Å². The number of Topliss-reactive ketones (excluding diaryl/α,β-unsaturated/α-hetero) is 1. The fourth-order valence-electron chi connectivity index (χ4n) is 3.82. The molecule has 1 amide bonds. The first-order valence-electron chi connectivity index (χ1n) is 9.99. The van der Waals surface area contributed by atoms with Crippen molar-refractivity contribution in [2.75, 3.05) is 14.2 Å². The summed E-state index contributed by atoms with van der Waals surface area (Å²) in [5.41, 5.74) is 1.82. The maximum atomic E-state index is 13.1. The number of methoxy groups -OCH3 is 2. The number of carbonyl (C=O) groups is 2. The number of nitrogens with zero attached hydrogens (tertiary/aromatic N) is 2. The number of aliphatic hydroxyl groups is 1. The molecule has 0 bridgehead atoms. The molecule has 7 heteroatoms. The Bertz CT molecular complexity index is 1190. The van der Waals surface area contributed by atoms with Gasteiger partial charge in [0.1, 0.15) is 17.3 Å². The van der Waals surface area contributed by atoms with Gasteiger partial charge in [0.15, 0.2) is 0 Å². The summed E-state index contributed by atoms with van der Waals surface area (Å²) in [6.45, 7) is 0.162. The molecule has 1 fully saturated rings. The van der Waals surface area contributed by atoms with E-state index in [0.29, 0.717) is 22.6 Å². The highest BCUT2D eigenvalue weighted by Gasteiger charge is 2.46. The summed E-state index contributed by atoms with van der Waals surface area (Å²) < 4.78 is 10.6. The SMILES string of the molecule is COc1cccc(/C(O)=C2\C(=O)C(=O)N(Cc3cccnc3)[C@@H]2c2cccc(OC)c2)c1. The number of amides is 1. The average molecular weight is 430 g/mol. The van der Waals surface area contributed by atoms with E-state index in [9.17, 15) is 14.7 Å². The third-order valence-corrected chi connectivity index (χ3v) is 5.37. The molecule has 0 spiro atoms. The maximum absolute atomic E-state index is 13.1. The lowest BCUT2D eigenvalue weighted by molar-refractivity contribution is -0.140. The van der Waals surface area contributed by atoms with Crippen molar-refractivity contribution in [1.29, 1.82) is 0 Å². The molecule has 1 saturated heterocycles. The van der Waals surface area contributed by atoms with Crippen LogP contribution in [0, 0.1) is 0 Å². The Kier molecular flexibility index (Phi) is 5.89. The monoisotopic (exact) mass is 430 g/mol. The molecule has 32 heavy (non-hydrogen) atoms. The highest BCUT2D eigenvalue weighted by molar-refractivity contribution is 6.46. The van der Waals surface area contributed by atoms with Crippen LogP contribution in [-0.2, 0) is 16.1 Å². The predicted octanol–water partition coefficient (Wildman–Crippen LogP) is 3.72. The number of likely N-dealkylation sites (tertiary alicyclic amines) is 1. The van der Waals surface area contributed by atoms with Crippen LogP contribution in [-0.4, -0.2) is 40.9 Å². The van der Waals surface area contributed by atoms with Gasteiger partial charge in [0.25, 0.3) is 11.7 Å². The van der Waals surface area contributed by atoms with E-state index in [4.69, 9.17) is 9.47 Å². The fraction of sp³-hybridized carbons (Fsp3) is 0.160. The Morgan fingerprint density at radius 2 is 1.72 bits per heavy atom. The van der Waals surface area contributed by atoms with Crippen LogP contribution in [0.3, 0.4) is 0 Å². The number of benzene rings is 2. The van der Waals surface area contributed by atoms with Crippen LogP contribution in [0.4, 0.5) is 0 Å². The summed E-state index contributed by atoms with van der Waals surface area (Å²) >= 11 is 0. The minimum absolute atomic E-state index is 0.0143. The summed E-state index contributed by atoms with van der Waals surface area (Å²) in [5.74, 6) is -0.593. The number of ether oxygens (including phenoxy) is 2. The highest BCUT2D eigenvalue weighted by atomic mass is 16.5. The Balaban J connectivity index is 1.88. The molecule has 1 atom stereocenters. The molecular formula is C25H22N2O5. The lowest BCUT2D eigenvalue weighted by Crippen LogP contribution is -2.29. The van der Waals surface area contributed by atoms with Crippen LogP contribution >= 0.6 is 0 Å². The summed E-state index contributed by atoms with van der Waals surface area (Å²) in [6.07, 6.45) is 3.28. The average Bonchev–Trinajstić information content (AvgIpc) is 3.09. The lowest BCUT2D eigenvalue weighted by atomic mass is 9.95. The van der Waals surface area contributed by atoms with Crippen molar-refractivity contribution in [2.24, 2.45) is 0 Å². The number of hydrogen-bond acceptors (Lipinski definition) is 6. The molecule has 0 saturated carbocycles. The smallest absolute Gasteiger partial charge is 0.295 e. The van der Waals surface area contributed by atoms with Crippen molar-refractivity contribution < 1.29 is 24.2 Å². The molecule has 162 valence electrons. The van der Waals surface area contributed by atoms with Crippen LogP contribution in [0.15, 0.2) is 78.6 Å². The van der Waals surface area contributed by atoms with Gasteiger partial charge in [0, 0.05) is 24.5 Å². The van der Waals surface area contributed by atoms with Gasteiger partial charge in [-0.2, -0.15) is 0 Å². The molecule has 1 N–H and O–H groups in total. The minimum Gasteiger partial charge on any atom is -0.507 e. The normalized spacial score (nSPS) is 17.4. The second-order valence-corrected chi connectivity index (χ2v) is 7.30. The van der Waals surface area contributed by atoms with Crippen molar-refractivity contribution in [1.82, 2.24) is 9.88 Å². The van der Waals surface area contributed by atoms with Gasteiger partial charge in [0.05, 0.1) is 25.8 Å². The van der Waals surface area contributed by atoms with Crippen LogP contribution < -0.4 is 9.47 Å². The molecule has 2 heterocycles. The van der Waals surface area contributed by atoms with Crippen molar-refractivity contribution >= 4 is 17.4 Å². The molecule has 7 nitrogen and oxygen atoms in total. The van der Waals surface area contributed by atoms with Crippen molar-refractivity contribution in [3.05, 3.63) is 95.3 Å². The Morgan fingerprint density at radius 3 is 2.41 bits per heavy atom. The van der Waals surface area contributed by atoms with E-state index in [1.54, 1.807) is 74.1 Å². The molecule has 0 unspecified atom stereocenters. The number of ketones is 1. The molecule has 2 aromatic carbocycles. The minimum atomic E-state index is -0.795. The van der Waals surface area contributed by atoms with Crippen molar-refractivity contribution in [3.8, 4) is 11.5 Å². The zero-order valence-electron chi connectivity index (χ0n) is 17.7. The van der Waals surface area contributed by atoms with E-state index in [1.165, 1.54) is 12.0 Å². The van der Waals surface area contributed by atoms with E-state index in [2.05, 4.69) is 4.98 Å². The third-order valence-electron chi connectivity index (χ3n) is 5.37. The number of aliphatic hydroxyl groups excluding tert-OH is 1. The van der Waals surface area contributed by atoms with E-state index in [0.717, 1.165) is 5.56 Å². The quantitative estimate of drug-likeness (QED) is 0.364. The molecular weight excluding hydrogens is 408 g/mol. The Hall–Kier alpha value is -4.13. The molecule has 0 radical (unpaired) electrons. The van der Waals surface area contributed by atoms with Crippen LogP contribution in [0.1, 0.15) is 22.7 Å². The van der Waals surface area contributed by atoms with Gasteiger partial charge >= 0.3 is 0 Å². The number of hydrogen-bond donors (Lipinski definition) is 1. The molecule has 1 aromatic heterocycles. The third kappa shape index (κ3) is 3.92. The molecule has 3 aromatic rings. The number of aromatic nitrogens is 1. The maximum Gasteiger partial charge on any atom is 0.295 e. The summed E-state index contributed by atoms with van der Waals surface area (Å²) in [7, 11) is 3.06. The molecule has 1 aliphatic heterocycles. The van der Waals surface area contributed by atoms with Gasteiger partial charge in [0.2, 0.25) is 0 Å². The first-order chi connectivity index (χ1) is 15.5. The van der Waals surface area contributed by atoms with Crippen LogP contribution in [0.2, 0.25) is 0 Å². The van der Waals surface area contributed by atoms with E-state index in [-0.39, 0.29) is 17.9 Å². The Labute approximate surface area is 185 Å². The van der Waals surface area contributed by atoms with E-state index in [1.807, 2.05) is 6.07 Å². The van der Waals surface area contributed by atoms with Crippen LogP contribution in [0.25, 0.3) is 5.76 Å². The fourth-order valence-corrected chi connectivity index (χ4v) is 3.82. The molecule has 4 rings (SSSR count). The second-order valence-electron chi connectivity index (χ2n) is 7.30.